The smallest absolute Gasteiger partial charge is 0.230 e. The first-order valence-electron chi connectivity index (χ1n) is 6.63. The largest absolute Gasteiger partial charge is 0.483 e. The summed E-state index contributed by atoms with van der Waals surface area (Å²) >= 11 is 0. The van der Waals surface area contributed by atoms with Crippen LogP contribution in [0.3, 0.4) is 0 Å². The van der Waals surface area contributed by atoms with Gasteiger partial charge in [0.05, 0.1) is 5.69 Å². The van der Waals surface area contributed by atoms with Crippen LogP contribution in [0, 0.1) is 0 Å². The van der Waals surface area contributed by atoms with E-state index in [-0.39, 0.29) is 18.5 Å². The van der Waals surface area contributed by atoms with Crippen LogP contribution in [-0.2, 0) is 11.4 Å². The molecular weight excluding hydrogens is 284 g/mol. The Morgan fingerprint density at radius 1 is 1.27 bits per heavy atom. The van der Waals surface area contributed by atoms with Gasteiger partial charge in [-0.05, 0) is 12.1 Å². The van der Waals surface area contributed by atoms with Gasteiger partial charge in [0.15, 0.2) is 5.82 Å². The highest BCUT2D eigenvalue weighted by molar-refractivity contribution is 5.90. The summed E-state index contributed by atoms with van der Waals surface area (Å²) in [5, 5.41) is 2.70. The Morgan fingerprint density at radius 2 is 2.00 bits per heavy atom. The van der Waals surface area contributed by atoms with Crippen LogP contribution in [-0.4, -0.2) is 35.0 Å². The molecule has 8 heteroatoms. The van der Waals surface area contributed by atoms with Crippen LogP contribution in [0.5, 0.6) is 5.75 Å². The molecule has 22 heavy (non-hydrogen) atoms. The minimum atomic E-state index is -0.171. The second kappa shape index (κ2) is 6.70. The Bertz CT molecular complexity index is 674. The molecule has 0 unspecified atom stereocenters. The third-order valence-electron chi connectivity index (χ3n) is 2.64. The zero-order valence-corrected chi connectivity index (χ0v) is 12.7. The molecule has 3 N–H and O–H groups in total. The first kappa shape index (κ1) is 15.5. The molecular formula is C14H18N6O2. The molecule has 0 saturated carbocycles. The molecule has 0 aliphatic rings. The maximum Gasteiger partial charge on any atom is 0.230 e. The molecule has 1 heterocycles. The van der Waals surface area contributed by atoms with Gasteiger partial charge in [-0.2, -0.15) is 15.0 Å². The summed E-state index contributed by atoms with van der Waals surface area (Å²) in [5.41, 5.74) is 6.25. The molecule has 0 saturated heterocycles. The maximum absolute atomic E-state index is 11.2. The van der Waals surface area contributed by atoms with Gasteiger partial charge in [-0.3, -0.25) is 4.79 Å². The van der Waals surface area contributed by atoms with Gasteiger partial charge in [-0.1, -0.05) is 12.1 Å². The fourth-order valence-corrected chi connectivity index (χ4v) is 1.72. The highest BCUT2D eigenvalue weighted by Crippen LogP contribution is 2.24. The molecule has 1 aromatic heterocycles. The Balaban J connectivity index is 2.15. The van der Waals surface area contributed by atoms with Crippen LogP contribution in [0.25, 0.3) is 0 Å². The van der Waals surface area contributed by atoms with Crippen molar-refractivity contribution < 1.29 is 9.53 Å². The maximum atomic E-state index is 11.2. The minimum absolute atomic E-state index is 0.115. The first-order chi connectivity index (χ1) is 10.5. The van der Waals surface area contributed by atoms with E-state index in [0.717, 1.165) is 0 Å². The number of anilines is 3. The van der Waals surface area contributed by atoms with Crippen LogP contribution in [0.2, 0.25) is 0 Å². The summed E-state index contributed by atoms with van der Waals surface area (Å²) < 4.78 is 5.67. The number of aromatic nitrogens is 3. The first-order valence-corrected chi connectivity index (χ1v) is 6.63. The van der Waals surface area contributed by atoms with Gasteiger partial charge in [0, 0.05) is 21.0 Å². The van der Waals surface area contributed by atoms with Crippen LogP contribution < -0.4 is 20.7 Å². The van der Waals surface area contributed by atoms with Crippen LogP contribution in [0.4, 0.5) is 17.6 Å². The highest BCUT2D eigenvalue weighted by atomic mass is 16.5. The van der Waals surface area contributed by atoms with Crippen LogP contribution in [0.15, 0.2) is 24.3 Å². The van der Waals surface area contributed by atoms with Crippen molar-refractivity contribution in [1.82, 2.24) is 15.0 Å². The van der Waals surface area contributed by atoms with Crippen LogP contribution >= 0.6 is 0 Å². The number of nitrogens with one attached hydrogen (secondary N) is 1. The third kappa shape index (κ3) is 4.05. The van der Waals surface area contributed by atoms with Crippen molar-refractivity contribution in [2.45, 2.75) is 13.5 Å². The highest BCUT2D eigenvalue weighted by Gasteiger charge is 2.09. The van der Waals surface area contributed by atoms with E-state index in [0.29, 0.717) is 23.2 Å². The topological polar surface area (TPSA) is 106 Å². The number of benzene rings is 1. The molecule has 1 aromatic carbocycles. The van der Waals surface area contributed by atoms with E-state index in [2.05, 4.69) is 20.3 Å². The lowest BCUT2D eigenvalue weighted by Gasteiger charge is -2.13. The molecule has 0 fully saturated rings. The quantitative estimate of drug-likeness (QED) is 0.850. The van der Waals surface area contributed by atoms with E-state index in [9.17, 15) is 4.79 Å². The molecule has 0 aliphatic carbocycles. The zero-order valence-electron chi connectivity index (χ0n) is 12.7. The van der Waals surface area contributed by atoms with Crippen molar-refractivity contribution in [3.05, 3.63) is 30.1 Å². The Kier molecular flexibility index (Phi) is 4.72. The number of nitrogens with two attached hydrogens (primary N) is 1. The van der Waals surface area contributed by atoms with E-state index >= 15 is 0 Å². The van der Waals surface area contributed by atoms with Crippen molar-refractivity contribution in [1.29, 1.82) is 0 Å². The second-order valence-corrected chi connectivity index (χ2v) is 4.77. The predicted molar refractivity (Wildman–Crippen MR) is 83.6 cm³/mol. The number of rotatable bonds is 5. The number of para-hydroxylation sites is 2. The van der Waals surface area contributed by atoms with Gasteiger partial charge in [0.1, 0.15) is 12.4 Å². The van der Waals surface area contributed by atoms with Gasteiger partial charge in [0.25, 0.3) is 0 Å². The molecule has 2 aromatic rings. The van der Waals surface area contributed by atoms with Crippen LogP contribution in [0.1, 0.15) is 12.7 Å². The fourth-order valence-electron chi connectivity index (χ4n) is 1.72. The number of carbonyl (C=O) groups excluding carboxylic acids is 1. The van der Waals surface area contributed by atoms with Gasteiger partial charge in [0.2, 0.25) is 17.8 Å². The number of ether oxygens (including phenoxy) is 1. The molecule has 8 nitrogen and oxygen atoms in total. The number of amides is 1. The average Bonchev–Trinajstić information content (AvgIpc) is 2.45. The lowest BCUT2D eigenvalue weighted by molar-refractivity contribution is -0.114. The van der Waals surface area contributed by atoms with Gasteiger partial charge >= 0.3 is 0 Å². The summed E-state index contributed by atoms with van der Waals surface area (Å²) in [6.45, 7) is 1.55. The molecule has 2 rings (SSSR count). The number of hydrogen-bond donors (Lipinski definition) is 2. The molecule has 0 spiro atoms. The van der Waals surface area contributed by atoms with Crippen molar-refractivity contribution in [2.24, 2.45) is 0 Å². The molecule has 0 aliphatic heterocycles. The number of nitrogen functional groups attached to an aromatic ring is 1. The van der Waals surface area contributed by atoms with E-state index in [1.165, 1.54) is 6.92 Å². The summed E-state index contributed by atoms with van der Waals surface area (Å²) in [6, 6.07) is 7.13. The summed E-state index contributed by atoms with van der Waals surface area (Å²) in [7, 11) is 3.62. The van der Waals surface area contributed by atoms with E-state index in [4.69, 9.17) is 10.5 Å². The summed E-state index contributed by atoms with van der Waals surface area (Å²) in [6.07, 6.45) is 0. The molecule has 1 amide bonds. The van der Waals surface area contributed by atoms with Crippen molar-refractivity contribution in [3.8, 4) is 5.75 Å². The van der Waals surface area contributed by atoms with Gasteiger partial charge in [-0.15, -0.1) is 0 Å². The molecule has 116 valence electrons. The van der Waals surface area contributed by atoms with Crippen molar-refractivity contribution in [2.75, 3.05) is 30.0 Å². The second-order valence-electron chi connectivity index (χ2n) is 4.77. The predicted octanol–water partition coefficient (Wildman–Crippen LogP) is 1.06. The van der Waals surface area contributed by atoms with Crippen molar-refractivity contribution >= 4 is 23.5 Å². The lowest BCUT2D eigenvalue weighted by Crippen LogP contribution is -2.17. The molecule has 0 atom stereocenters. The van der Waals surface area contributed by atoms with E-state index in [1.54, 1.807) is 17.0 Å². The Labute approximate surface area is 128 Å². The van der Waals surface area contributed by atoms with Gasteiger partial charge < -0.3 is 20.7 Å². The Hall–Kier alpha value is -2.90. The molecule has 0 bridgehead atoms. The summed E-state index contributed by atoms with van der Waals surface area (Å²) in [5.74, 6) is 1.36. The van der Waals surface area contributed by atoms with E-state index in [1.807, 2.05) is 26.2 Å². The Morgan fingerprint density at radius 3 is 2.68 bits per heavy atom. The fraction of sp³-hybridized carbons (Fsp3) is 0.286. The average molecular weight is 302 g/mol. The monoisotopic (exact) mass is 302 g/mol. The zero-order chi connectivity index (χ0) is 16.1. The number of carbonyl (C=O) groups is 1. The number of nitrogens with zero attached hydrogens (tertiary/aromatic N) is 4. The minimum Gasteiger partial charge on any atom is -0.483 e. The van der Waals surface area contributed by atoms with E-state index < -0.39 is 0 Å². The number of hydrogen-bond acceptors (Lipinski definition) is 7. The molecule has 0 radical (unpaired) electrons. The standard InChI is InChI=1S/C14H18N6O2/c1-9(21)16-10-6-4-5-7-11(10)22-8-12-17-13(15)19-14(18-12)20(2)3/h4-7H,8H2,1-3H3,(H,16,21)(H2,15,17,18,19). The van der Waals surface area contributed by atoms with Crippen molar-refractivity contribution in [3.63, 3.8) is 0 Å². The summed E-state index contributed by atoms with van der Waals surface area (Å²) in [4.78, 5) is 25.2. The SMILES string of the molecule is CC(=O)Nc1ccccc1OCc1nc(N)nc(N(C)C)n1. The van der Waals surface area contributed by atoms with Gasteiger partial charge in [-0.25, -0.2) is 0 Å². The normalized spacial score (nSPS) is 10.1. The lowest BCUT2D eigenvalue weighted by atomic mass is 10.3. The third-order valence-corrected chi connectivity index (χ3v) is 2.64.